The summed E-state index contributed by atoms with van der Waals surface area (Å²) >= 11 is 3.81. The molecule has 1 rings (SSSR count). The van der Waals surface area contributed by atoms with Gasteiger partial charge in [-0.3, -0.25) is 0 Å². The van der Waals surface area contributed by atoms with Crippen molar-refractivity contribution in [3.05, 3.63) is 0 Å². The van der Waals surface area contributed by atoms with Gasteiger partial charge >= 0.3 is 6.09 Å². The number of aliphatic hydroxyl groups is 1. The summed E-state index contributed by atoms with van der Waals surface area (Å²) in [5.74, 6) is 2.34. The third-order valence-corrected chi connectivity index (χ3v) is 5.31. The topological polar surface area (TPSA) is 58.6 Å². The van der Waals surface area contributed by atoms with Crippen LogP contribution < -0.4 is 5.32 Å². The Hall–Kier alpha value is -0.0700. The number of hydrogen-bond acceptors (Lipinski definition) is 5. The Bertz CT molecular complexity index is 263. The summed E-state index contributed by atoms with van der Waals surface area (Å²) in [6.07, 6.45) is 1.58. The second-order valence-corrected chi connectivity index (χ2v) is 8.21. The van der Waals surface area contributed by atoms with Crippen LogP contribution in [0.25, 0.3) is 0 Å². The van der Waals surface area contributed by atoms with Crippen molar-refractivity contribution in [2.75, 3.05) is 18.1 Å². The van der Waals surface area contributed by atoms with Crippen molar-refractivity contribution < 1.29 is 14.6 Å². The number of ether oxygens (including phenoxy) is 1. The van der Waals surface area contributed by atoms with E-state index < -0.39 is 11.7 Å². The molecule has 1 atom stereocenters. The summed E-state index contributed by atoms with van der Waals surface area (Å²) in [5.41, 5.74) is -0.502. The lowest BCUT2D eigenvalue weighted by atomic mass is 10.2. The van der Waals surface area contributed by atoms with E-state index in [1.165, 1.54) is 17.9 Å². The van der Waals surface area contributed by atoms with Crippen LogP contribution in [0.2, 0.25) is 0 Å². The zero-order valence-electron chi connectivity index (χ0n) is 11.3. The quantitative estimate of drug-likeness (QED) is 0.834. The van der Waals surface area contributed by atoms with E-state index in [-0.39, 0.29) is 12.6 Å². The average Bonchev–Trinajstić information content (AvgIpc) is 2.27. The summed E-state index contributed by atoms with van der Waals surface area (Å²) in [6, 6.07) is -0.219. The first-order valence-corrected chi connectivity index (χ1v) is 8.34. The second kappa shape index (κ2) is 7.50. The van der Waals surface area contributed by atoms with E-state index in [4.69, 9.17) is 4.74 Å². The number of alkyl carbamates (subject to hydrolysis) is 1. The van der Waals surface area contributed by atoms with Crippen molar-refractivity contribution in [1.82, 2.24) is 5.32 Å². The molecule has 1 heterocycles. The molecule has 1 fully saturated rings. The molecule has 1 amide bonds. The summed E-state index contributed by atoms with van der Waals surface area (Å²) in [6.45, 7) is 5.44. The van der Waals surface area contributed by atoms with Crippen molar-refractivity contribution in [2.24, 2.45) is 0 Å². The Balaban J connectivity index is 2.34. The number of amides is 1. The average molecular weight is 293 g/mol. The zero-order valence-corrected chi connectivity index (χ0v) is 12.9. The highest BCUT2D eigenvalue weighted by Gasteiger charge is 2.23. The molecule has 1 aliphatic heterocycles. The summed E-state index contributed by atoms with van der Waals surface area (Å²) in [5, 5.41) is 12.0. The second-order valence-electron chi connectivity index (χ2n) is 5.29. The van der Waals surface area contributed by atoms with Crippen LogP contribution in [0.1, 0.15) is 33.6 Å². The normalized spacial score (nSPS) is 19.3. The van der Waals surface area contributed by atoms with Crippen LogP contribution in [-0.2, 0) is 4.74 Å². The molecule has 0 unspecified atom stereocenters. The van der Waals surface area contributed by atoms with Crippen LogP contribution in [0.15, 0.2) is 0 Å². The molecule has 1 aliphatic rings. The fourth-order valence-corrected chi connectivity index (χ4v) is 4.59. The highest BCUT2D eigenvalue weighted by Crippen LogP contribution is 2.33. The highest BCUT2D eigenvalue weighted by molar-refractivity contribution is 8.17. The minimum atomic E-state index is -0.502. The van der Waals surface area contributed by atoms with Gasteiger partial charge in [-0.05, 0) is 45.1 Å². The smallest absolute Gasteiger partial charge is 0.407 e. The Kier molecular flexibility index (Phi) is 6.66. The third kappa shape index (κ3) is 6.75. The maximum atomic E-state index is 11.6. The van der Waals surface area contributed by atoms with E-state index in [1.807, 2.05) is 44.3 Å². The van der Waals surface area contributed by atoms with Gasteiger partial charge in [-0.25, -0.2) is 4.79 Å². The Morgan fingerprint density at radius 3 is 2.56 bits per heavy atom. The van der Waals surface area contributed by atoms with E-state index in [2.05, 4.69) is 5.32 Å². The summed E-state index contributed by atoms with van der Waals surface area (Å²) < 4.78 is 5.65. The Morgan fingerprint density at radius 1 is 1.44 bits per heavy atom. The van der Waals surface area contributed by atoms with E-state index in [9.17, 15) is 9.90 Å². The third-order valence-electron chi connectivity index (χ3n) is 2.31. The largest absolute Gasteiger partial charge is 0.444 e. The lowest BCUT2D eigenvalue weighted by molar-refractivity contribution is 0.0481. The van der Waals surface area contributed by atoms with Gasteiger partial charge in [0, 0.05) is 0 Å². The van der Waals surface area contributed by atoms with Gasteiger partial charge in [0.15, 0.2) is 0 Å². The first-order chi connectivity index (χ1) is 8.40. The minimum Gasteiger partial charge on any atom is -0.444 e. The zero-order chi connectivity index (χ0) is 13.6. The fourth-order valence-electron chi connectivity index (χ4n) is 1.56. The van der Waals surface area contributed by atoms with Crippen molar-refractivity contribution >= 4 is 29.6 Å². The maximum absolute atomic E-state index is 11.6. The molecule has 18 heavy (non-hydrogen) atoms. The number of carbonyl (C=O) groups is 1. The van der Waals surface area contributed by atoms with Crippen LogP contribution in [-0.4, -0.2) is 45.5 Å². The first kappa shape index (κ1) is 16.0. The number of hydrogen-bond donors (Lipinski definition) is 2. The van der Waals surface area contributed by atoms with Gasteiger partial charge in [-0.1, -0.05) is 0 Å². The molecular formula is C12H23NO3S2. The lowest BCUT2D eigenvalue weighted by Crippen LogP contribution is -2.42. The van der Waals surface area contributed by atoms with Gasteiger partial charge in [0.2, 0.25) is 0 Å². The molecule has 0 saturated carbocycles. The Morgan fingerprint density at radius 2 is 2.06 bits per heavy atom. The predicted molar refractivity (Wildman–Crippen MR) is 78.2 cm³/mol. The molecule has 6 heteroatoms. The lowest BCUT2D eigenvalue weighted by Gasteiger charge is -2.26. The molecular weight excluding hydrogens is 270 g/mol. The van der Waals surface area contributed by atoms with Crippen LogP contribution in [0.5, 0.6) is 0 Å². The Labute approximate surface area is 118 Å². The van der Waals surface area contributed by atoms with Crippen LogP contribution in [0, 0.1) is 0 Å². The highest BCUT2D eigenvalue weighted by atomic mass is 32.2. The number of nitrogens with one attached hydrogen (secondary N) is 1. The van der Waals surface area contributed by atoms with E-state index in [0.29, 0.717) is 4.58 Å². The van der Waals surface area contributed by atoms with Crippen LogP contribution in [0.4, 0.5) is 4.79 Å². The number of aliphatic hydroxyl groups excluding tert-OH is 1. The van der Waals surface area contributed by atoms with E-state index in [0.717, 1.165) is 6.42 Å². The van der Waals surface area contributed by atoms with Gasteiger partial charge in [0.25, 0.3) is 0 Å². The standard InChI is InChI=1S/C12H23NO3S2/c1-12(2,3)16-11(15)13-9(8-14)7-10-17-5-4-6-18-10/h9-10,14H,4-8H2,1-3H3,(H,13,15)/t9-/m0/s1. The summed E-state index contributed by atoms with van der Waals surface area (Å²) in [7, 11) is 0. The predicted octanol–water partition coefficient (Wildman–Crippen LogP) is 2.46. The summed E-state index contributed by atoms with van der Waals surface area (Å²) in [4.78, 5) is 11.6. The molecule has 2 N–H and O–H groups in total. The van der Waals surface area contributed by atoms with Gasteiger partial charge in [0.1, 0.15) is 5.60 Å². The maximum Gasteiger partial charge on any atom is 0.407 e. The van der Waals surface area contributed by atoms with Gasteiger partial charge in [-0.2, -0.15) is 0 Å². The van der Waals surface area contributed by atoms with Crippen molar-refractivity contribution in [1.29, 1.82) is 0 Å². The molecule has 0 aliphatic carbocycles. The fraction of sp³-hybridized carbons (Fsp3) is 0.917. The number of rotatable bonds is 4. The van der Waals surface area contributed by atoms with Crippen molar-refractivity contribution in [3.63, 3.8) is 0 Å². The molecule has 106 valence electrons. The first-order valence-electron chi connectivity index (χ1n) is 6.24. The molecule has 0 aromatic carbocycles. The monoisotopic (exact) mass is 293 g/mol. The van der Waals surface area contributed by atoms with Gasteiger partial charge in [-0.15, -0.1) is 23.5 Å². The molecule has 0 bridgehead atoms. The number of thioether (sulfide) groups is 2. The molecule has 1 saturated heterocycles. The van der Waals surface area contributed by atoms with Crippen molar-refractivity contribution in [3.8, 4) is 0 Å². The minimum absolute atomic E-state index is 0.0448. The number of carbonyl (C=O) groups excluding carboxylic acids is 1. The molecule has 0 spiro atoms. The molecule has 0 aromatic heterocycles. The SMILES string of the molecule is CC(C)(C)OC(=O)N[C@H](CO)CC1SCCCS1. The molecule has 4 nitrogen and oxygen atoms in total. The van der Waals surface area contributed by atoms with Crippen molar-refractivity contribution in [2.45, 2.75) is 49.8 Å². The van der Waals surface area contributed by atoms with Crippen LogP contribution >= 0.6 is 23.5 Å². The molecule has 0 aromatic rings. The molecule has 0 radical (unpaired) electrons. The van der Waals surface area contributed by atoms with Gasteiger partial charge in [0.05, 0.1) is 17.2 Å². The van der Waals surface area contributed by atoms with E-state index >= 15 is 0 Å². The van der Waals surface area contributed by atoms with Crippen LogP contribution in [0.3, 0.4) is 0 Å². The van der Waals surface area contributed by atoms with E-state index in [1.54, 1.807) is 0 Å². The van der Waals surface area contributed by atoms with Gasteiger partial charge < -0.3 is 15.2 Å².